The van der Waals surface area contributed by atoms with Crippen LogP contribution >= 0.6 is 0 Å². The summed E-state index contributed by atoms with van der Waals surface area (Å²) in [5.74, 6) is -1.98. The third-order valence-corrected chi connectivity index (χ3v) is 3.73. The van der Waals surface area contributed by atoms with Crippen LogP contribution in [0.1, 0.15) is 18.4 Å². The van der Waals surface area contributed by atoms with E-state index in [2.05, 4.69) is 10.6 Å². The average Bonchev–Trinajstić information content (AvgIpc) is 3.28. The third kappa shape index (κ3) is 3.21. The zero-order valence-corrected chi connectivity index (χ0v) is 11.8. The molecule has 2 amide bonds. The molecule has 21 heavy (non-hydrogen) atoms. The van der Waals surface area contributed by atoms with Crippen LogP contribution in [0.5, 0.6) is 0 Å². The summed E-state index contributed by atoms with van der Waals surface area (Å²) in [4.78, 5) is 35.2. The van der Waals surface area contributed by atoms with Crippen LogP contribution in [0.3, 0.4) is 0 Å². The molecule has 2 rings (SSSR count). The van der Waals surface area contributed by atoms with Crippen molar-refractivity contribution >= 4 is 17.8 Å². The first-order valence-corrected chi connectivity index (χ1v) is 6.79. The largest absolute Gasteiger partial charge is 0.480 e. The van der Waals surface area contributed by atoms with Gasteiger partial charge in [0, 0.05) is 13.5 Å². The van der Waals surface area contributed by atoms with Crippen molar-refractivity contribution in [1.29, 1.82) is 0 Å². The van der Waals surface area contributed by atoms with Crippen LogP contribution in [-0.2, 0) is 20.8 Å². The van der Waals surface area contributed by atoms with Gasteiger partial charge in [0.15, 0.2) is 0 Å². The number of nitrogens with one attached hydrogen (secondary N) is 2. The van der Waals surface area contributed by atoms with Crippen molar-refractivity contribution in [2.24, 2.45) is 5.41 Å². The van der Waals surface area contributed by atoms with Gasteiger partial charge in [0.2, 0.25) is 11.8 Å². The molecule has 1 aliphatic carbocycles. The van der Waals surface area contributed by atoms with E-state index in [1.807, 2.05) is 18.2 Å². The normalized spacial score (nSPS) is 16.6. The average molecular weight is 290 g/mol. The van der Waals surface area contributed by atoms with Crippen LogP contribution in [0.25, 0.3) is 0 Å². The molecule has 0 aromatic heterocycles. The standard InChI is InChI=1S/C15H18N2O4/c1-16-13(20)15(7-8-15)14(21)17-11(12(18)19)9-10-5-3-2-4-6-10/h2-6,11H,7-9H2,1H3,(H,16,20)(H,17,21)(H,18,19). The molecule has 1 aliphatic rings. The SMILES string of the molecule is CNC(=O)C1(C(=O)NC(Cc2ccccc2)C(=O)O)CC1. The Balaban J connectivity index is 2.05. The first kappa shape index (κ1) is 15.0. The minimum atomic E-state index is -1.11. The van der Waals surface area contributed by atoms with Gasteiger partial charge in [-0.25, -0.2) is 4.79 Å². The Morgan fingerprint density at radius 2 is 1.81 bits per heavy atom. The predicted molar refractivity (Wildman–Crippen MR) is 75.4 cm³/mol. The summed E-state index contributed by atoms with van der Waals surface area (Å²) < 4.78 is 0. The lowest BCUT2D eigenvalue weighted by molar-refractivity contribution is -0.145. The molecule has 6 heteroatoms. The first-order chi connectivity index (χ1) is 9.99. The second-order valence-electron chi connectivity index (χ2n) is 5.22. The van der Waals surface area contributed by atoms with E-state index >= 15 is 0 Å². The van der Waals surface area contributed by atoms with E-state index < -0.39 is 23.3 Å². The third-order valence-electron chi connectivity index (χ3n) is 3.73. The number of amides is 2. The molecule has 112 valence electrons. The Hall–Kier alpha value is -2.37. The van der Waals surface area contributed by atoms with Gasteiger partial charge in [-0.1, -0.05) is 30.3 Å². The maximum absolute atomic E-state index is 12.2. The maximum Gasteiger partial charge on any atom is 0.326 e. The molecule has 1 aromatic rings. The van der Waals surface area contributed by atoms with E-state index in [1.54, 1.807) is 12.1 Å². The highest BCUT2D eigenvalue weighted by atomic mass is 16.4. The second kappa shape index (κ2) is 5.95. The van der Waals surface area contributed by atoms with Gasteiger partial charge < -0.3 is 15.7 Å². The highest BCUT2D eigenvalue weighted by Gasteiger charge is 2.56. The fourth-order valence-corrected chi connectivity index (χ4v) is 2.27. The number of carbonyl (C=O) groups excluding carboxylic acids is 2. The zero-order chi connectivity index (χ0) is 15.5. The Labute approximate surface area is 122 Å². The van der Waals surface area contributed by atoms with Crippen LogP contribution in [0.15, 0.2) is 30.3 Å². The topological polar surface area (TPSA) is 95.5 Å². The maximum atomic E-state index is 12.2. The van der Waals surface area contributed by atoms with Crippen molar-refractivity contribution in [1.82, 2.24) is 10.6 Å². The Morgan fingerprint density at radius 1 is 1.19 bits per heavy atom. The summed E-state index contributed by atoms with van der Waals surface area (Å²) in [7, 11) is 1.47. The van der Waals surface area contributed by atoms with Crippen LogP contribution < -0.4 is 10.6 Å². The highest BCUT2D eigenvalue weighted by Crippen LogP contribution is 2.46. The lowest BCUT2D eigenvalue weighted by Crippen LogP contribution is -2.49. The molecular formula is C15H18N2O4. The van der Waals surface area contributed by atoms with Crippen molar-refractivity contribution < 1.29 is 19.5 Å². The molecule has 0 radical (unpaired) electrons. The van der Waals surface area contributed by atoms with Crippen molar-refractivity contribution in [3.63, 3.8) is 0 Å². The predicted octanol–water partition coefficient (Wildman–Crippen LogP) is 0.325. The van der Waals surface area contributed by atoms with Crippen molar-refractivity contribution in [2.75, 3.05) is 7.05 Å². The number of rotatable bonds is 6. The molecular weight excluding hydrogens is 272 g/mol. The molecule has 0 heterocycles. The second-order valence-corrected chi connectivity index (χ2v) is 5.22. The summed E-state index contributed by atoms with van der Waals surface area (Å²) in [5, 5.41) is 14.2. The molecule has 1 unspecified atom stereocenters. The zero-order valence-electron chi connectivity index (χ0n) is 11.8. The number of hydrogen-bond donors (Lipinski definition) is 3. The van der Waals surface area contributed by atoms with E-state index in [1.165, 1.54) is 7.05 Å². The molecule has 0 aliphatic heterocycles. The van der Waals surface area contributed by atoms with Gasteiger partial charge in [-0.15, -0.1) is 0 Å². The van der Waals surface area contributed by atoms with E-state index in [-0.39, 0.29) is 12.3 Å². The lowest BCUT2D eigenvalue weighted by Gasteiger charge is -2.19. The Bertz CT molecular complexity index is 552. The van der Waals surface area contributed by atoms with E-state index in [9.17, 15) is 19.5 Å². The molecule has 3 N–H and O–H groups in total. The van der Waals surface area contributed by atoms with Gasteiger partial charge in [-0.05, 0) is 18.4 Å². The minimum Gasteiger partial charge on any atom is -0.480 e. The number of carbonyl (C=O) groups is 3. The van der Waals surface area contributed by atoms with E-state index in [4.69, 9.17) is 0 Å². The van der Waals surface area contributed by atoms with Crippen molar-refractivity contribution in [2.45, 2.75) is 25.3 Å². The van der Waals surface area contributed by atoms with Crippen molar-refractivity contribution in [3.05, 3.63) is 35.9 Å². The Kier molecular flexibility index (Phi) is 4.26. The van der Waals surface area contributed by atoms with E-state index in [0.717, 1.165) is 5.56 Å². The quantitative estimate of drug-likeness (QED) is 0.658. The summed E-state index contributed by atoms with van der Waals surface area (Å²) in [6, 6.07) is 8.01. The lowest BCUT2D eigenvalue weighted by atomic mass is 10.0. The summed E-state index contributed by atoms with van der Waals surface area (Å²) in [6.45, 7) is 0. The number of hydrogen-bond acceptors (Lipinski definition) is 3. The smallest absolute Gasteiger partial charge is 0.326 e. The van der Waals surface area contributed by atoms with Gasteiger partial charge >= 0.3 is 5.97 Å². The van der Waals surface area contributed by atoms with Gasteiger partial charge in [-0.2, -0.15) is 0 Å². The summed E-state index contributed by atoms with van der Waals surface area (Å²) >= 11 is 0. The molecule has 0 bridgehead atoms. The van der Waals surface area contributed by atoms with Gasteiger partial charge in [0.1, 0.15) is 11.5 Å². The van der Waals surface area contributed by atoms with Crippen LogP contribution in [0, 0.1) is 5.41 Å². The molecule has 0 saturated heterocycles. The molecule has 1 aromatic carbocycles. The molecule has 1 atom stereocenters. The van der Waals surface area contributed by atoms with Crippen LogP contribution in [0.4, 0.5) is 0 Å². The van der Waals surface area contributed by atoms with Crippen LogP contribution in [-0.4, -0.2) is 36.0 Å². The number of benzene rings is 1. The summed E-state index contributed by atoms with van der Waals surface area (Å²) in [5.41, 5.74) is -0.269. The monoisotopic (exact) mass is 290 g/mol. The fraction of sp³-hybridized carbons (Fsp3) is 0.400. The fourth-order valence-electron chi connectivity index (χ4n) is 2.27. The molecule has 1 fully saturated rings. The Morgan fingerprint density at radius 3 is 2.29 bits per heavy atom. The minimum absolute atomic E-state index is 0.186. The van der Waals surface area contributed by atoms with Gasteiger partial charge in [0.05, 0.1) is 0 Å². The van der Waals surface area contributed by atoms with E-state index in [0.29, 0.717) is 12.8 Å². The number of carboxylic acids is 1. The molecule has 6 nitrogen and oxygen atoms in total. The summed E-state index contributed by atoms with van der Waals surface area (Å²) in [6.07, 6.45) is 1.10. The first-order valence-electron chi connectivity index (χ1n) is 6.79. The van der Waals surface area contributed by atoms with Crippen LogP contribution in [0.2, 0.25) is 0 Å². The van der Waals surface area contributed by atoms with Gasteiger partial charge in [-0.3, -0.25) is 9.59 Å². The highest BCUT2D eigenvalue weighted by molar-refractivity contribution is 6.08. The molecule has 0 spiro atoms. The number of carboxylic acid groups (broad SMARTS) is 1. The molecule has 1 saturated carbocycles. The van der Waals surface area contributed by atoms with Crippen molar-refractivity contribution in [3.8, 4) is 0 Å². The van der Waals surface area contributed by atoms with Gasteiger partial charge in [0.25, 0.3) is 0 Å². The number of aliphatic carboxylic acids is 1.